The second kappa shape index (κ2) is 5.36. The number of aromatic nitrogens is 1. The number of nitrogens with zero attached hydrogens (tertiary/aromatic N) is 1. The Hall–Kier alpha value is -1.31. The van der Waals surface area contributed by atoms with Gasteiger partial charge in [-0.2, -0.15) is 0 Å². The minimum Gasteiger partial charge on any atom is -0.399 e. The van der Waals surface area contributed by atoms with Gasteiger partial charge in [0.25, 0.3) is 10.0 Å². The molecule has 0 spiro atoms. The summed E-state index contributed by atoms with van der Waals surface area (Å²) in [6, 6.07) is 7.55. The first-order valence-electron chi connectivity index (χ1n) is 5.08. The molecule has 2 rings (SSSR count). The minimum absolute atomic E-state index is 0.0456. The van der Waals surface area contributed by atoms with Crippen LogP contribution in [0.25, 0.3) is 0 Å². The second-order valence-corrected chi connectivity index (χ2v) is 6.60. The molecule has 1 aromatic heterocycles. The Kier molecular flexibility index (Phi) is 3.98. The lowest BCUT2D eigenvalue weighted by Crippen LogP contribution is -2.14. The zero-order chi connectivity index (χ0) is 14.0. The molecule has 3 N–H and O–H groups in total. The fraction of sp³-hybridized carbons (Fsp3) is 0. The molecule has 0 atom stereocenters. The van der Waals surface area contributed by atoms with Crippen LogP contribution in [-0.4, -0.2) is 13.4 Å². The fourth-order valence-electron chi connectivity index (χ4n) is 1.35. The number of anilines is 2. The number of nitrogen functional groups attached to an aromatic ring is 1. The molecule has 1 heterocycles. The van der Waals surface area contributed by atoms with Crippen molar-refractivity contribution in [2.24, 2.45) is 0 Å². The van der Waals surface area contributed by atoms with Crippen molar-refractivity contribution in [3.63, 3.8) is 0 Å². The van der Waals surface area contributed by atoms with Gasteiger partial charge < -0.3 is 5.73 Å². The molecule has 0 amide bonds. The van der Waals surface area contributed by atoms with E-state index in [0.717, 1.165) is 0 Å². The number of sulfonamides is 1. The van der Waals surface area contributed by atoms with Crippen LogP contribution in [-0.2, 0) is 10.0 Å². The normalized spacial score (nSPS) is 11.3. The molecular weight excluding hydrogens is 354 g/mol. The second-order valence-electron chi connectivity index (χ2n) is 3.66. The Bertz CT molecular complexity index is 704. The third-order valence-corrected chi connectivity index (χ3v) is 4.78. The van der Waals surface area contributed by atoms with Gasteiger partial charge in [0.15, 0.2) is 0 Å². The molecular formula is C11H9BrClN3O2S. The molecule has 0 saturated heterocycles. The van der Waals surface area contributed by atoms with Crippen LogP contribution in [0.15, 0.2) is 45.9 Å². The quantitative estimate of drug-likeness (QED) is 0.822. The van der Waals surface area contributed by atoms with E-state index < -0.39 is 10.0 Å². The number of nitrogens with one attached hydrogen (secondary N) is 1. The van der Waals surface area contributed by atoms with E-state index in [-0.39, 0.29) is 10.7 Å². The van der Waals surface area contributed by atoms with E-state index >= 15 is 0 Å². The summed E-state index contributed by atoms with van der Waals surface area (Å²) in [6.07, 6.45) is 1.35. The third-order valence-electron chi connectivity index (χ3n) is 2.21. The molecule has 0 aliphatic carbocycles. The average Bonchev–Trinajstić information content (AvgIpc) is 2.35. The summed E-state index contributed by atoms with van der Waals surface area (Å²) >= 11 is 8.86. The average molecular weight is 363 g/mol. The molecule has 2 aromatic rings. The van der Waals surface area contributed by atoms with Gasteiger partial charge in [0.05, 0.1) is 5.02 Å². The lowest BCUT2D eigenvalue weighted by atomic mass is 10.3. The fourth-order valence-corrected chi connectivity index (χ4v) is 3.47. The van der Waals surface area contributed by atoms with Gasteiger partial charge in [0.1, 0.15) is 10.7 Å². The van der Waals surface area contributed by atoms with Crippen molar-refractivity contribution in [1.29, 1.82) is 0 Å². The van der Waals surface area contributed by atoms with Crippen molar-refractivity contribution >= 4 is 49.1 Å². The topological polar surface area (TPSA) is 85.1 Å². The van der Waals surface area contributed by atoms with Gasteiger partial charge in [-0.1, -0.05) is 11.6 Å². The zero-order valence-corrected chi connectivity index (χ0v) is 12.6. The summed E-state index contributed by atoms with van der Waals surface area (Å²) in [5.74, 6) is 0.179. The highest BCUT2D eigenvalue weighted by atomic mass is 79.9. The maximum Gasteiger partial charge on any atom is 0.264 e. The number of benzene rings is 1. The van der Waals surface area contributed by atoms with Crippen molar-refractivity contribution in [3.05, 3.63) is 46.0 Å². The maximum atomic E-state index is 12.2. The van der Waals surface area contributed by atoms with Crippen LogP contribution in [0.3, 0.4) is 0 Å². The smallest absolute Gasteiger partial charge is 0.264 e. The number of hydrogen-bond donors (Lipinski definition) is 2. The Balaban J connectivity index is 2.37. The Morgan fingerprint density at radius 1 is 1.26 bits per heavy atom. The summed E-state index contributed by atoms with van der Waals surface area (Å²) in [5.41, 5.74) is 5.95. The molecule has 0 bridgehead atoms. The molecule has 1 aromatic carbocycles. The van der Waals surface area contributed by atoms with Crippen LogP contribution >= 0.6 is 27.5 Å². The van der Waals surface area contributed by atoms with Crippen LogP contribution in [0.2, 0.25) is 5.02 Å². The molecule has 0 aliphatic rings. The SMILES string of the molecule is Nc1ccc(Br)c(S(=O)(=O)Nc2ccc(Cl)cn2)c1. The first-order chi connectivity index (χ1) is 8.88. The van der Waals surface area contributed by atoms with Crippen molar-refractivity contribution in [2.75, 3.05) is 10.5 Å². The highest BCUT2D eigenvalue weighted by molar-refractivity contribution is 9.10. The summed E-state index contributed by atoms with van der Waals surface area (Å²) in [7, 11) is -3.76. The predicted octanol–water partition coefficient (Wildman–Crippen LogP) is 2.88. The van der Waals surface area contributed by atoms with Gasteiger partial charge in [0.2, 0.25) is 0 Å². The van der Waals surface area contributed by atoms with Gasteiger partial charge in [-0.3, -0.25) is 4.72 Å². The molecule has 100 valence electrons. The van der Waals surface area contributed by atoms with Gasteiger partial charge in [-0.05, 0) is 46.3 Å². The lowest BCUT2D eigenvalue weighted by molar-refractivity contribution is 0.600. The predicted molar refractivity (Wildman–Crippen MR) is 78.6 cm³/mol. The molecule has 0 fully saturated rings. The maximum absolute atomic E-state index is 12.2. The van der Waals surface area contributed by atoms with E-state index in [4.69, 9.17) is 17.3 Å². The third kappa shape index (κ3) is 3.37. The number of halogens is 2. The van der Waals surface area contributed by atoms with E-state index in [9.17, 15) is 8.42 Å². The molecule has 19 heavy (non-hydrogen) atoms. The first-order valence-corrected chi connectivity index (χ1v) is 7.73. The molecule has 0 unspecified atom stereocenters. The first kappa shape index (κ1) is 14.1. The van der Waals surface area contributed by atoms with E-state index in [2.05, 4.69) is 25.6 Å². The van der Waals surface area contributed by atoms with Gasteiger partial charge in [-0.25, -0.2) is 13.4 Å². The summed E-state index contributed by atoms with van der Waals surface area (Å²) in [5, 5.41) is 0.424. The zero-order valence-electron chi connectivity index (χ0n) is 9.47. The van der Waals surface area contributed by atoms with Gasteiger partial charge in [-0.15, -0.1) is 0 Å². The van der Waals surface area contributed by atoms with Crippen molar-refractivity contribution < 1.29 is 8.42 Å². The minimum atomic E-state index is -3.76. The number of rotatable bonds is 3. The van der Waals surface area contributed by atoms with Crippen LogP contribution in [0.4, 0.5) is 11.5 Å². The highest BCUT2D eigenvalue weighted by Crippen LogP contribution is 2.26. The summed E-state index contributed by atoms with van der Waals surface area (Å²) in [6.45, 7) is 0. The van der Waals surface area contributed by atoms with Crippen LogP contribution in [0, 0.1) is 0 Å². The van der Waals surface area contributed by atoms with Crippen molar-refractivity contribution in [1.82, 2.24) is 4.98 Å². The molecule has 8 heteroatoms. The number of nitrogens with two attached hydrogens (primary N) is 1. The summed E-state index contributed by atoms with van der Waals surface area (Å²) in [4.78, 5) is 3.92. The van der Waals surface area contributed by atoms with Crippen molar-refractivity contribution in [2.45, 2.75) is 4.90 Å². The molecule has 0 aliphatic heterocycles. The van der Waals surface area contributed by atoms with Gasteiger partial charge in [0, 0.05) is 16.4 Å². The van der Waals surface area contributed by atoms with Gasteiger partial charge >= 0.3 is 0 Å². The van der Waals surface area contributed by atoms with E-state index in [1.165, 1.54) is 18.3 Å². The van der Waals surface area contributed by atoms with E-state index in [1.807, 2.05) is 0 Å². The largest absolute Gasteiger partial charge is 0.399 e. The van der Waals surface area contributed by atoms with Crippen LogP contribution < -0.4 is 10.5 Å². The number of hydrogen-bond acceptors (Lipinski definition) is 4. The van der Waals surface area contributed by atoms with Crippen molar-refractivity contribution in [3.8, 4) is 0 Å². The summed E-state index contributed by atoms with van der Waals surface area (Å²) < 4.78 is 27.1. The van der Waals surface area contributed by atoms with Crippen LogP contribution in [0.1, 0.15) is 0 Å². The molecule has 0 saturated carbocycles. The Morgan fingerprint density at radius 3 is 2.63 bits per heavy atom. The Morgan fingerprint density at radius 2 is 2.00 bits per heavy atom. The lowest BCUT2D eigenvalue weighted by Gasteiger charge is -2.09. The van der Waals surface area contributed by atoms with E-state index in [1.54, 1.807) is 18.2 Å². The highest BCUT2D eigenvalue weighted by Gasteiger charge is 2.18. The standard InChI is InChI=1S/C11H9BrClN3O2S/c12-9-3-2-8(14)5-10(9)19(17,18)16-11-4-1-7(13)6-15-11/h1-6H,14H2,(H,15,16). The molecule has 5 nitrogen and oxygen atoms in total. The number of pyridine rings is 1. The monoisotopic (exact) mass is 361 g/mol. The Labute approximate surface area is 124 Å². The van der Waals surface area contributed by atoms with Crippen LogP contribution in [0.5, 0.6) is 0 Å². The van der Waals surface area contributed by atoms with E-state index in [0.29, 0.717) is 15.2 Å². The molecule has 0 radical (unpaired) electrons.